The number of guanidine groups is 1. The molecule has 3 aromatic rings. The van der Waals surface area contributed by atoms with Crippen LogP contribution >= 0.6 is 24.0 Å². The van der Waals surface area contributed by atoms with Crippen molar-refractivity contribution >= 4 is 29.9 Å². The minimum Gasteiger partial charge on any atom is -0.488 e. The molecular formula is C26H36IN5O. The van der Waals surface area contributed by atoms with Gasteiger partial charge in [-0.05, 0) is 39.3 Å². The van der Waals surface area contributed by atoms with E-state index in [1.807, 2.05) is 36.7 Å². The summed E-state index contributed by atoms with van der Waals surface area (Å²) < 4.78 is 8.29. The molecule has 1 aromatic heterocycles. The van der Waals surface area contributed by atoms with Gasteiger partial charge < -0.3 is 19.9 Å². The van der Waals surface area contributed by atoms with Crippen LogP contribution in [0.2, 0.25) is 0 Å². The van der Waals surface area contributed by atoms with Gasteiger partial charge in [-0.2, -0.15) is 0 Å². The zero-order chi connectivity index (χ0) is 22.8. The molecule has 0 unspecified atom stereocenters. The van der Waals surface area contributed by atoms with Crippen molar-refractivity contribution < 1.29 is 4.74 Å². The van der Waals surface area contributed by atoms with E-state index in [2.05, 4.69) is 78.2 Å². The number of hydrogen-bond donors (Lipinski definition) is 2. The van der Waals surface area contributed by atoms with E-state index in [-0.39, 0.29) is 29.6 Å². The maximum absolute atomic E-state index is 6.10. The predicted molar refractivity (Wildman–Crippen MR) is 147 cm³/mol. The molecule has 6 nitrogen and oxygen atoms in total. The molecule has 3 rings (SSSR count). The Balaban J connectivity index is 0.00000385. The van der Waals surface area contributed by atoms with Crippen LogP contribution in [0.25, 0.3) is 0 Å². The van der Waals surface area contributed by atoms with Crippen molar-refractivity contribution in [2.24, 2.45) is 4.99 Å². The zero-order valence-corrected chi connectivity index (χ0v) is 22.4. The Hall–Kier alpha value is -2.55. The SMILES string of the molecule is CCNC(=NCc1ccccc1OC(C)(C)C)NCCc1nccn1Cc1ccccc1.I. The van der Waals surface area contributed by atoms with E-state index >= 15 is 0 Å². The first kappa shape index (κ1) is 26.7. The van der Waals surface area contributed by atoms with Crippen LogP contribution < -0.4 is 15.4 Å². The third-order valence-corrected chi connectivity index (χ3v) is 4.78. The third kappa shape index (κ3) is 9.07. The molecule has 0 aliphatic carbocycles. The second-order valence-electron chi connectivity index (χ2n) is 8.65. The molecule has 1 heterocycles. The highest BCUT2D eigenvalue weighted by molar-refractivity contribution is 14.0. The number of aromatic nitrogens is 2. The molecule has 0 bridgehead atoms. The fourth-order valence-corrected chi connectivity index (χ4v) is 3.35. The largest absolute Gasteiger partial charge is 0.488 e. The fraction of sp³-hybridized carbons (Fsp3) is 0.385. The second-order valence-corrected chi connectivity index (χ2v) is 8.65. The number of para-hydroxylation sites is 1. The second kappa shape index (κ2) is 13.2. The zero-order valence-electron chi connectivity index (χ0n) is 20.0. The number of aliphatic imine (C=N–C) groups is 1. The van der Waals surface area contributed by atoms with E-state index in [0.29, 0.717) is 6.54 Å². The first-order valence-electron chi connectivity index (χ1n) is 11.3. The van der Waals surface area contributed by atoms with Gasteiger partial charge in [-0.15, -0.1) is 24.0 Å². The van der Waals surface area contributed by atoms with Gasteiger partial charge in [-0.25, -0.2) is 9.98 Å². The highest BCUT2D eigenvalue weighted by Crippen LogP contribution is 2.23. The highest BCUT2D eigenvalue weighted by Gasteiger charge is 2.14. The van der Waals surface area contributed by atoms with Gasteiger partial charge in [0.15, 0.2) is 5.96 Å². The summed E-state index contributed by atoms with van der Waals surface area (Å²) in [5, 5.41) is 6.76. The molecule has 2 aromatic carbocycles. The van der Waals surface area contributed by atoms with Crippen molar-refractivity contribution in [1.82, 2.24) is 20.2 Å². The highest BCUT2D eigenvalue weighted by atomic mass is 127. The number of hydrogen-bond acceptors (Lipinski definition) is 3. The van der Waals surface area contributed by atoms with Gasteiger partial charge in [-0.3, -0.25) is 0 Å². The molecule has 0 amide bonds. The molecule has 178 valence electrons. The number of nitrogens with one attached hydrogen (secondary N) is 2. The minimum absolute atomic E-state index is 0. The topological polar surface area (TPSA) is 63.5 Å². The molecule has 0 radical (unpaired) electrons. The summed E-state index contributed by atoms with van der Waals surface area (Å²) in [7, 11) is 0. The lowest BCUT2D eigenvalue weighted by Crippen LogP contribution is -2.38. The quantitative estimate of drug-likeness (QED) is 0.219. The van der Waals surface area contributed by atoms with Crippen LogP contribution in [0.15, 0.2) is 72.0 Å². The summed E-state index contributed by atoms with van der Waals surface area (Å²) in [6.07, 6.45) is 4.71. The average Bonchev–Trinajstić information content (AvgIpc) is 3.19. The Morgan fingerprint density at radius 3 is 2.48 bits per heavy atom. The van der Waals surface area contributed by atoms with Crippen LogP contribution in [-0.4, -0.2) is 34.2 Å². The number of ether oxygens (including phenoxy) is 1. The Morgan fingerprint density at radius 2 is 1.76 bits per heavy atom. The summed E-state index contributed by atoms with van der Waals surface area (Å²) in [6, 6.07) is 18.5. The molecule has 0 aliphatic rings. The fourth-order valence-electron chi connectivity index (χ4n) is 3.35. The van der Waals surface area contributed by atoms with Crippen molar-refractivity contribution in [1.29, 1.82) is 0 Å². The summed E-state index contributed by atoms with van der Waals surface area (Å²) >= 11 is 0. The maximum atomic E-state index is 6.10. The third-order valence-electron chi connectivity index (χ3n) is 4.78. The minimum atomic E-state index is -0.246. The number of rotatable bonds is 9. The lowest BCUT2D eigenvalue weighted by Gasteiger charge is -2.23. The van der Waals surface area contributed by atoms with Crippen molar-refractivity contribution in [3.8, 4) is 5.75 Å². The molecule has 2 N–H and O–H groups in total. The summed E-state index contributed by atoms with van der Waals surface area (Å²) in [6.45, 7) is 11.2. The van der Waals surface area contributed by atoms with Gasteiger partial charge in [0.1, 0.15) is 17.2 Å². The van der Waals surface area contributed by atoms with Crippen LogP contribution in [0.1, 0.15) is 44.6 Å². The maximum Gasteiger partial charge on any atom is 0.191 e. The van der Waals surface area contributed by atoms with Crippen molar-refractivity contribution in [2.75, 3.05) is 13.1 Å². The molecule has 0 saturated carbocycles. The van der Waals surface area contributed by atoms with Gasteiger partial charge in [0.2, 0.25) is 0 Å². The van der Waals surface area contributed by atoms with Gasteiger partial charge in [0, 0.05) is 44.0 Å². The first-order valence-corrected chi connectivity index (χ1v) is 11.3. The van der Waals surface area contributed by atoms with Crippen LogP contribution in [0.3, 0.4) is 0 Å². The van der Waals surface area contributed by atoms with Crippen LogP contribution in [0, 0.1) is 0 Å². The smallest absolute Gasteiger partial charge is 0.191 e. The van der Waals surface area contributed by atoms with Crippen molar-refractivity contribution in [2.45, 2.75) is 52.8 Å². The monoisotopic (exact) mass is 561 g/mol. The number of nitrogens with zero attached hydrogens (tertiary/aromatic N) is 3. The van der Waals surface area contributed by atoms with Crippen molar-refractivity contribution in [3.05, 3.63) is 83.9 Å². The van der Waals surface area contributed by atoms with E-state index in [9.17, 15) is 0 Å². The molecule has 0 atom stereocenters. The number of halogens is 1. The van der Waals surface area contributed by atoms with Gasteiger partial charge in [-0.1, -0.05) is 48.5 Å². The molecule has 0 fully saturated rings. The molecule has 33 heavy (non-hydrogen) atoms. The Labute approximate surface area is 214 Å². The Kier molecular flexibility index (Phi) is 10.7. The van der Waals surface area contributed by atoms with E-state index in [1.54, 1.807) is 0 Å². The first-order chi connectivity index (χ1) is 15.4. The van der Waals surface area contributed by atoms with Gasteiger partial charge in [0.05, 0.1) is 6.54 Å². The van der Waals surface area contributed by atoms with E-state index < -0.39 is 0 Å². The van der Waals surface area contributed by atoms with E-state index in [4.69, 9.17) is 9.73 Å². The molecular weight excluding hydrogens is 525 g/mol. The summed E-state index contributed by atoms with van der Waals surface area (Å²) in [5.41, 5.74) is 2.09. The van der Waals surface area contributed by atoms with Crippen LogP contribution in [0.4, 0.5) is 0 Å². The van der Waals surface area contributed by atoms with Crippen LogP contribution in [0.5, 0.6) is 5.75 Å². The van der Waals surface area contributed by atoms with Gasteiger partial charge >= 0.3 is 0 Å². The van der Waals surface area contributed by atoms with E-state index in [1.165, 1.54) is 5.56 Å². The summed E-state index contributed by atoms with van der Waals surface area (Å²) in [4.78, 5) is 9.31. The lowest BCUT2D eigenvalue weighted by atomic mass is 10.1. The Morgan fingerprint density at radius 1 is 1.03 bits per heavy atom. The molecule has 7 heteroatoms. The molecule has 0 spiro atoms. The normalized spacial score (nSPS) is 11.6. The van der Waals surface area contributed by atoms with Gasteiger partial charge in [0.25, 0.3) is 0 Å². The predicted octanol–water partition coefficient (Wildman–Crippen LogP) is 5.02. The molecule has 0 aliphatic heterocycles. The average molecular weight is 562 g/mol. The Bertz CT molecular complexity index is 995. The lowest BCUT2D eigenvalue weighted by molar-refractivity contribution is 0.129. The number of benzene rings is 2. The summed E-state index contributed by atoms with van der Waals surface area (Å²) in [5.74, 6) is 2.72. The standard InChI is InChI=1S/C26H35N5O.HI/c1-5-27-25(30-19-22-13-9-10-14-23(22)32-26(2,3)4)29-16-15-24-28-17-18-31(24)20-21-11-7-6-8-12-21;/h6-14,17-18H,5,15-16,19-20H2,1-4H3,(H2,27,29,30);1H. The van der Waals surface area contributed by atoms with Crippen LogP contribution in [-0.2, 0) is 19.5 Å². The molecule has 0 saturated heterocycles. The number of imidazole rings is 1. The van der Waals surface area contributed by atoms with E-state index in [0.717, 1.165) is 49.2 Å². The van der Waals surface area contributed by atoms with Crippen molar-refractivity contribution in [3.63, 3.8) is 0 Å².